The number of cyclic esters (lactones) is 1. The van der Waals surface area contributed by atoms with Crippen molar-refractivity contribution in [2.75, 3.05) is 13.2 Å². The molecular weight excluding hydrogens is 486 g/mol. The van der Waals surface area contributed by atoms with Gasteiger partial charge in [-0.2, -0.15) is 0 Å². The summed E-state index contributed by atoms with van der Waals surface area (Å²) in [5.41, 5.74) is -0.250. The highest BCUT2D eigenvalue weighted by atomic mass is 16.9. The first-order valence-electron chi connectivity index (χ1n) is 15.3. The van der Waals surface area contributed by atoms with E-state index in [0.29, 0.717) is 17.8 Å². The Labute approximate surface area is 230 Å². The van der Waals surface area contributed by atoms with Gasteiger partial charge in [0.05, 0.1) is 25.7 Å². The van der Waals surface area contributed by atoms with Crippen LogP contribution in [0.2, 0.25) is 0 Å². The summed E-state index contributed by atoms with van der Waals surface area (Å²) in [4.78, 5) is 30.8. The van der Waals surface area contributed by atoms with Crippen LogP contribution in [-0.2, 0) is 28.6 Å². The van der Waals surface area contributed by atoms with Gasteiger partial charge in [0.1, 0.15) is 5.92 Å². The molecule has 8 heteroatoms. The zero-order chi connectivity index (χ0) is 27.9. The van der Waals surface area contributed by atoms with Gasteiger partial charge in [-0.05, 0) is 43.9 Å². The van der Waals surface area contributed by atoms with Crippen LogP contribution in [0, 0.1) is 28.9 Å². The lowest BCUT2D eigenvalue weighted by molar-refractivity contribution is -0.742. The fourth-order valence-corrected chi connectivity index (χ4v) is 5.70. The molecule has 0 spiro atoms. The highest BCUT2D eigenvalue weighted by Crippen LogP contribution is 2.38. The average Bonchev–Trinajstić information content (AvgIpc) is 3.21. The van der Waals surface area contributed by atoms with Crippen LogP contribution in [0.3, 0.4) is 0 Å². The lowest BCUT2D eigenvalue weighted by Gasteiger charge is -2.38. The molecule has 0 radical (unpaired) electrons. The van der Waals surface area contributed by atoms with E-state index in [4.69, 9.17) is 19.0 Å². The first-order valence-corrected chi connectivity index (χ1v) is 15.3. The molecular formula is C30H53NO7. The van der Waals surface area contributed by atoms with Crippen LogP contribution >= 0.6 is 0 Å². The Balaban J connectivity index is 1.96. The van der Waals surface area contributed by atoms with Crippen molar-refractivity contribution in [3.63, 3.8) is 0 Å². The Kier molecular flexibility index (Phi) is 15.1. The van der Waals surface area contributed by atoms with Gasteiger partial charge >= 0.3 is 17.7 Å². The van der Waals surface area contributed by atoms with Gasteiger partial charge in [0.25, 0.3) is 0 Å². The van der Waals surface area contributed by atoms with E-state index >= 15 is 0 Å². The van der Waals surface area contributed by atoms with Gasteiger partial charge in [-0.1, -0.05) is 91.9 Å². The lowest BCUT2D eigenvalue weighted by atomic mass is 9.75. The number of nitrogens with zero attached hydrogens (tertiary/aromatic N) is 1. The molecule has 1 aliphatic heterocycles. The number of hydrogen-bond donors (Lipinski definition) is 0. The van der Waals surface area contributed by atoms with E-state index in [2.05, 4.69) is 27.7 Å². The third kappa shape index (κ3) is 10.7. The maximum absolute atomic E-state index is 13.0. The van der Waals surface area contributed by atoms with Crippen molar-refractivity contribution in [3.8, 4) is 0 Å². The Morgan fingerprint density at radius 1 is 1.03 bits per heavy atom. The number of carbonyl (C=O) groups is 2. The molecule has 1 saturated carbocycles. The first kappa shape index (κ1) is 32.4. The van der Waals surface area contributed by atoms with Crippen LogP contribution in [0.4, 0.5) is 0 Å². The highest BCUT2D eigenvalue weighted by Gasteiger charge is 2.50. The number of rotatable bonds is 18. The molecule has 1 heterocycles. The number of unbranched alkanes of at least 4 members (excludes halogenated alkanes) is 9. The van der Waals surface area contributed by atoms with Gasteiger partial charge < -0.3 is 19.0 Å². The minimum absolute atomic E-state index is 0.103. The van der Waals surface area contributed by atoms with E-state index in [1.807, 2.05) is 0 Å². The molecule has 5 atom stereocenters. The minimum Gasteiger partial charge on any atom is -0.458 e. The Morgan fingerprint density at radius 2 is 1.66 bits per heavy atom. The number of esters is 2. The molecule has 1 saturated heterocycles. The fraction of sp³-hybridized carbons (Fsp3) is 0.900. The third-order valence-corrected chi connectivity index (χ3v) is 7.97. The van der Waals surface area contributed by atoms with Gasteiger partial charge in [0.2, 0.25) is 6.29 Å². The molecule has 0 aromatic rings. The summed E-state index contributed by atoms with van der Waals surface area (Å²) in [5.74, 6) is -0.906. The molecule has 0 bridgehead atoms. The van der Waals surface area contributed by atoms with Crippen molar-refractivity contribution < 1.29 is 33.5 Å². The summed E-state index contributed by atoms with van der Waals surface area (Å²) < 4.78 is 17.0. The molecule has 8 nitrogen and oxygen atoms in total. The van der Waals surface area contributed by atoms with E-state index < -0.39 is 24.1 Å². The summed E-state index contributed by atoms with van der Waals surface area (Å²) in [6.07, 6.45) is 13.5. The molecule has 2 rings (SSSR count). The second kappa shape index (κ2) is 17.7. The number of carbonyl (C=O) groups excluding carboxylic acids is 2. The average molecular weight is 540 g/mol. The van der Waals surface area contributed by atoms with Crippen molar-refractivity contribution in [2.45, 2.75) is 137 Å². The van der Waals surface area contributed by atoms with E-state index in [1.165, 1.54) is 44.9 Å². The summed E-state index contributed by atoms with van der Waals surface area (Å²) in [5, 5.41) is 13.0. The molecule has 2 fully saturated rings. The number of ether oxygens (including phenoxy) is 3. The second-order valence-electron chi connectivity index (χ2n) is 11.5. The molecule has 220 valence electrons. The smallest absolute Gasteiger partial charge is 0.405 e. The normalized spacial score (nSPS) is 26.3. The quantitative estimate of drug-likeness (QED) is 0.0627. The van der Waals surface area contributed by atoms with E-state index in [9.17, 15) is 14.8 Å². The van der Waals surface area contributed by atoms with Gasteiger partial charge in [0.15, 0.2) is 0 Å². The van der Waals surface area contributed by atoms with Crippen LogP contribution in [-0.4, -0.2) is 48.2 Å². The predicted molar refractivity (Wildman–Crippen MR) is 147 cm³/mol. The maximum atomic E-state index is 13.0. The van der Waals surface area contributed by atoms with Crippen LogP contribution < -0.4 is 0 Å². The predicted octanol–water partition coefficient (Wildman–Crippen LogP) is 6.72. The van der Waals surface area contributed by atoms with Gasteiger partial charge in [0, 0.05) is 4.90 Å². The Morgan fingerprint density at radius 3 is 2.26 bits per heavy atom. The van der Waals surface area contributed by atoms with Crippen molar-refractivity contribution in [1.82, 2.24) is 0 Å². The van der Waals surface area contributed by atoms with Crippen molar-refractivity contribution >= 4 is 17.7 Å². The molecule has 0 N–H and O–H groups in total. The van der Waals surface area contributed by atoms with Crippen LogP contribution in [0.1, 0.15) is 125 Å². The third-order valence-electron chi connectivity index (χ3n) is 7.97. The maximum Gasteiger partial charge on any atom is 0.405 e. The molecule has 0 aromatic heterocycles. The van der Waals surface area contributed by atoms with Crippen LogP contribution in [0.15, 0.2) is 0 Å². The SMILES string of the molecule is CCCCCCCCCCCCO/[N+]([O-])=C(\C(=O)OCC)[C@@H]1CC(=O)O[C@H]1OC1CC(C)CCC1C(C)C. The monoisotopic (exact) mass is 539 g/mol. The molecule has 0 amide bonds. The fourth-order valence-electron chi connectivity index (χ4n) is 5.70. The highest BCUT2D eigenvalue weighted by molar-refractivity contribution is 6.35. The topological polar surface area (TPSA) is 97.1 Å². The zero-order valence-corrected chi connectivity index (χ0v) is 24.6. The summed E-state index contributed by atoms with van der Waals surface area (Å²) in [7, 11) is 0. The Bertz CT molecular complexity index is 738. The summed E-state index contributed by atoms with van der Waals surface area (Å²) in [6, 6.07) is 0. The summed E-state index contributed by atoms with van der Waals surface area (Å²) in [6.45, 7) is 10.8. The zero-order valence-electron chi connectivity index (χ0n) is 24.6. The first-order chi connectivity index (χ1) is 18.3. The molecule has 38 heavy (non-hydrogen) atoms. The van der Waals surface area contributed by atoms with Crippen LogP contribution in [0.5, 0.6) is 0 Å². The molecule has 1 aliphatic carbocycles. The van der Waals surface area contributed by atoms with Gasteiger partial charge in [-0.3, -0.25) is 10.0 Å². The minimum atomic E-state index is -1.00. The van der Waals surface area contributed by atoms with Crippen molar-refractivity contribution in [1.29, 1.82) is 0 Å². The largest absolute Gasteiger partial charge is 0.458 e. The van der Waals surface area contributed by atoms with Crippen molar-refractivity contribution in [2.24, 2.45) is 23.7 Å². The number of hydrogen-bond acceptors (Lipinski definition) is 7. The molecule has 3 unspecified atom stereocenters. The standard InChI is InChI=1S/C30H53NO7/c1-6-8-9-10-11-12-13-14-15-16-19-36-31(34)28(29(33)35-7-2)25-21-27(32)38-30(25)37-26-20-23(5)17-18-24(26)22(3)4/h22-26,30H,6-21H2,1-5H3/b31-28-/t23?,24?,25-,26?,30+/m0/s1. The van der Waals surface area contributed by atoms with Crippen LogP contribution in [0.25, 0.3) is 0 Å². The van der Waals surface area contributed by atoms with E-state index in [0.717, 1.165) is 38.5 Å². The molecule has 0 aromatic carbocycles. The van der Waals surface area contributed by atoms with Gasteiger partial charge in [-0.25, -0.2) is 4.79 Å². The van der Waals surface area contributed by atoms with E-state index in [-0.39, 0.29) is 36.4 Å². The van der Waals surface area contributed by atoms with Gasteiger partial charge in [-0.15, -0.1) is 0 Å². The lowest BCUT2D eigenvalue weighted by Crippen LogP contribution is -2.43. The Hall–Kier alpha value is -1.83. The molecule has 2 aliphatic rings. The van der Waals surface area contributed by atoms with Crippen molar-refractivity contribution in [3.05, 3.63) is 5.21 Å². The second-order valence-corrected chi connectivity index (χ2v) is 11.5. The summed E-state index contributed by atoms with van der Waals surface area (Å²) >= 11 is 0. The van der Waals surface area contributed by atoms with E-state index in [1.54, 1.807) is 6.92 Å².